The van der Waals surface area contributed by atoms with Gasteiger partial charge in [0.2, 0.25) is 0 Å². The number of nitrogens with one attached hydrogen (secondary N) is 1. The Hall–Kier alpha value is -1.19. The second-order valence-electron chi connectivity index (χ2n) is 4.65. The molecule has 0 spiro atoms. The molecule has 19 heavy (non-hydrogen) atoms. The Bertz CT molecular complexity index is 541. The van der Waals surface area contributed by atoms with Gasteiger partial charge in [0.05, 0.1) is 7.11 Å². The zero-order valence-corrected chi connectivity index (χ0v) is 12.6. The number of hydrogen-bond acceptors (Lipinski definition) is 3. The van der Waals surface area contributed by atoms with Crippen molar-refractivity contribution in [2.24, 2.45) is 0 Å². The van der Waals surface area contributed by atoms with Gasteiger partial charge in [-0.05, 0) is 23.3 Å². The highest BCUT2D eigenvalue weighted by molar-refractivity contribution is 7.99. The zero-order valence-electron chi connectivity index (χ0n) is 11.8. The minimum absolute atomic E-state index is 0.643. The van der Waals surface area contributed by atoms with Crippen molar-refractivity contribution in [1.29, 1.82) is 0 Å². The van der Waals surface area contributed by atoms with Crippen LogP contribution >= 0.6 is 11.8 Å². The van der Waals surface area contributed by atoms with Gasteiger partial charge in [-0.25, -0.2) is 0 Å². The van der Waals surface area contributed by atoms with Gasteiger partial charge in [-0.2, -0.15) is 11.8 Å². The third-order valence-corrected chi connectivity index (χ3v) is 4.32. The summed E-state index contributed by atoms with van der Waals surface area (Å²) in [5.74, 6) is 0.942. The fourth-order valence-electron chi connectivity index (χ4n) is 2.16. The zero-order chi connectivity index (χ0) is 13.7. The van der Waals surface area contributed by atoms with Crippen LogP contribution in [0.1, 0.15) is 12.5 Å². The van der Waals surface area contributed by atoms with Gasteiger partial charge in [0.15, 0.2) is 0 Å². The normalized spacial score (nSPS) is 12.6. The van der Waals surface area contributed by atoms with Crippen LogP contribution in [-0.4, -0.2) is 25.2 Å². The third kappa shape index (κ3) is 3.43. The van der Waals surface area contributed by atoms with Crippen molar-refractivity contribution in [2.45, 2.75) is 18.7 Å². The number of benzene rings is 2. The maximum absolute atomic E-state index is 5.42. The summed E-state index contributed by atoms with van der Waals surface area (Å²) in [6.07, 6.45) is 2.15. The van der Waals surface area contributed by atoms with Gasteiger partial charge in [0.25, 0.3) is 0 Å². The van der Waals surface area contributed by atoms with Gasteiger partial charge < -0.3 is 10.1 Å². The van der Waals surface area contributed by atoms with E-state index in [0.29, 0.717) is 5.25 Å². The maximum Gasteiger partial charge on any atom is 0.126 e. The molecule has 0 radical (unpaired) electrons. The number of rotatable bonds is 6. The summed E-state index contributed by atoms with van der Waals surface area (Å²) in [5, 5.41) is 6.62. The molecule has 0 aromatic heterocycles. The molecule has 1 unspecified atom stereocenters. The molecule has 2 aromatic carbocycles. The molecule has 102 valence electrons. The van der Waals surface area contributed by atoms with Crippen molar-refractivity contribution in [2.75, 3.05) is 19.9 Å². The van der Waals surface area contributed by atoms with E-state index in [-0.39, 0.29) is 0 Å². The van der Waals surface area contributed by atoms with Crippen molar-refractivity contribution in [3.63, 3.8) is 0 Å². The molecule has 3 heteroatoms. The molecule has 1 atom stereocenters. The number of fused-ring (bicyclic) bond motifs is 1. The van der Waals surface area contributed by atoms with E-state index >= 15 is 0 Å². The lowest BCUT2D eigenvalue weighted by molar-refractivity contribution is 0.419. The minimum atomic E-state index is 0.643. The monoisotopic (exact) mass is 275 g/mol. The fraction of sp³-hybridized carbons (Fsp3) is 0.375. The molecule has 0 aliphatic carbocycles. The molecule has 0 saturated carbocycles. The summed E-state index contributed by atoms with van der Waals surface area (Å²) < 4.78 is 5.42. The molecule has 0 aliphatic heterocycles. The van der Waals surface area contributed by atoms with Crippen LogP contribution in [0.4, 0.5) is 0 Å². The standard InChI is InChI=1S/C16H21NOS/c1-12(19-3)10-17-11-13-8-9-16(18-2)15-7-5-4-6-14(13)15/h4-9,12,17H,10-11H2,1-3H3. The van der Waals surface area contributed by atoms with E-state index in [1.54, 1.807) is 7.11 Å². The number of methoxy groups -OCH3 is 1. The van der Waals surface area contributed by atoms with E-state index in [0.717, 1.165) is 18.8 Å². The number of thioether (sulfide) groups is 1. The highest BCUT2D eigenvalue weighted by Gasteiger charge is 2.06. The molecule has 0 amide bonds. The van der Waals surface area contributed by atoms with Crippen LogP contribution in [-0.2, 0) is 6.54 Å². The van der Waals surface area contributed by atoms with Crippen LogP contribution in [0.5, 0.6) is 5.75 Å². The quantitative estimate of drug-likeness (QED) is 0.869. The minimum Gasteiger partial charge on any atom is -0.496 e. The summed E-state index contributed by atoms with van der Waals surface area (Å²) >= 11 is 1.89. The predicted octanol–water partition coefficient (Wildman–Crippen LogP) is 3.69. The largest absolute Gasteiger partial charge is 0.496 e. The van der Waals surface area contributed by atoms with E-state index in [1.165, 1.54) is 16.3 Å². The lowest BCUT2D eigenvalue weighted by Gasteiger charge is -2.13. The smallest absolute Gasteiger partial charge is 0.126 e. The van der Waals surface area contributed by atoms with Crippen LogP contribution in [0, 0.1) is 0 Å². The molecule has 0 heterocycles. The summed E-state index contributed by atoms with van der Waals surface area (Å²) in [4.78, 5) is 0. The second kappa shape index (κ2) is 6.83. The molecule has 0 fully saturated rings. The summed E-state index contributed by atoms with van der Waals surface area (Å²) in [6.45, 7) is 4.17. The Kier molecular flexibility index (Phi) is 5.11. The Balaban J connectivity index is 2.20. The first-order chi connectivity index (χ1) is 9.26. The average Bonchev–Trinajstić information content (AvgIpc) is 2.47. The maximum atomic E-state index is 5.42. The summed E-state index contributed by atoms with van der Waals surface area (Å²) in [5.41, 5.74) is 1.32. The molecular weight excluding hydrogens is 254 g/mol. The topological polar surface area (TPSA) is 21.3 Å². The lowest BCUT2D eigenvalue weighted by Crippen LogP contribution is -2.22. The molecule has 0 saturated heterocycles. The highest BCUT2D eigenvalue weighted by atomic mass is 32.2. The van der Waals surface area contributed by atoms with Crippen molar-refractivity contribution in [3.8, 4) is 5.75 Å². The van der Waals surface area contributed by atoms with Crippen molar-refractivity contribution >= 4 is 22.5 Å². The molecule has 2 rings (SSSR count). The second-order valence-corrected chi connectivity index (χ2v) is 5.93. The molecule has 0 bridgehead atoms. The van der Waals surface area contributed by atoms with Crippen molar-refractivity contribution in [3.05, 3.63) is 42.0 Å². The first kappa shape index (κ1) is 14.2. The molecule has 2 aromatic rings. The van der Waals surface area contributed by atoms with Crippen LogP contribution in [0.2, 0.25) is 0 Å². The lowest BCUT2D eigenvalue weighted by atomic mass is 10.0. The Labute approximate surface area is 119 Å². The van der Waals surface area contributed by atoms with Gasteiger partial charge in [0.1, 0.15) is 5.75 Å². The average molecular weight is 275 g/mol. The first-order valence-corrected chi connectivity index (χ1v) is 7.83. The Morgan fingerprint density at radius 1 is 1.16 bits per heavy atom. The Morgan fingerprint density at radius 2 is 1.89 bits per heavy atom. The van der Waals surface area contributed by atoms with Crippen LogP contribution in [0.15, 0.2) is 36.4 Å². The van der Waals surface area contributed by atoms with Gasteiger partial charge in [0, 0.05) is 23.7 Å². The SMILES string of the molecule is COc1ccc(CNCC(C)SC)c2ccccc12. The highest BCUT2D eigenvalue weighted by Crippen LogP contribution is 2.28. The van der Waals surface area contributed by atoms with Crippen LogP contribution in [0.25, 0.3) is 10.8 Å². The van der Waals surface area contributed by atoms with Gasteiger partial charge in [-0.1, -0.05) is 37.3 Å². The van der Waals surface area contributed by atoms with Crippen molar-refractivity contribution in [1.82, 2.24) is 5.32 Å². The van der Waals surface area contributed by atoms with Crippen molar-refractivity contribution < 1.29 is 4.74 Å². The predicted molar refractivity (Wildman–Crippen MR) is 85.2 cm³/mol. The van der Waals surface area contributed by atoms with Gasteiger partial charge in [-0.3, -0.25) is 0 Å². The summed E-state index contributed by atoms with van der Waals surface area (Å²) in [7, 11) is 1.72. The first-order valence-electron chi connectivity index (χ1n) is 6.54. The van der Waals surface area contributed by atoms with E-state index in [1.807, 2.05) is 11.8 Å². The van der Waals surface area contributed by atoms with E-state index < -0.39 is 0 Å². The van der Waals surface area contributed by atoms with E-state index in [4.69, 9.17) is 4.74 Å². The fourth-order valence-corrected chi connectivity index (χ4v) is 2.44. The third-order valence-electron chi connectivity index (χ3n) is 3.34. The summed E-state index contributed by atoms with van der Waals surface area (Å²) in [6, 6.07) is 12.6. The molecule has 0 aliphatic rings. The molecule has 1 N–H and O–H groups in total. The van der Waals surface area contributed by atoms with E-state index in [2.05, 4.69) is 54.9 Å². The number of hydrogen-bond donors (Lipinski definition) is 1. The van der Waals surface area contributed by atoms with Gasteiger partial charge in [-0.15, -0.1) is 0 Å². The molecule has 2 nitrogen and oxygen atoms in total. The van der Waals surface area contributed by atoms with Crippen LogP contribution in [0.3, 0.4) is 0 Å². The van der Waals surface area contributed by atoms with Crippen LogP contribution < -0.4 is 10.1 Å². The number of ether oxygens (including phenoxy) is 1. The van der Waals surface area contributed by atoms with E-state index in [9.17, 15) is 0 Å². The van der Waals surface area contributed by atoms with Gasteiger partial charge >= 0.3 is 0 Å². The Morgan fingerprint density at radius 3 is 2.58 bits per heavy atom. The molecular formula is C16H21NOS.